The van der Waals surface area contributed by atoms with Crippen molar-refractivity contribution in [1.82, 2.24) is 9.88 Å². The third-order valence-corrected chi connectivity index (χ3v) is 4.49. The smallest absolute Gasteiger partial charge is 0.254 e. The number of aryl methyl sites for hydroxylation is 2. The van der Waals surface area contributed by atoms with Crippen LogP contribution in [0.4, 0.5) is 5.13 Å². The zero-order chi connectivity index (χ0) is 18.2. The van der Waals surface area contributed by atoms with Gasteiger partial charge in [-0.25, -0.2) is 4.98 Å². The molecule has 0 spiro atoms. The highest BCUT2D eigenvalue weighted by atomic mass is 32.1. The van der Waals surface area contributed by atoms with Gasteiger partial charge in [0, 0.05) is 30.3 Å². The van der Waals surface area contributed by atoms with Crippen LogP contribution in [0.1, 0.15) is 27.7 Å². The lowest BCUT2D eigenvalue weighted by Crippen LogP contribution is -2.40. The zero-order valence-corrected chi connectivity index (χ0v) is 15.6. The number of thiazole rings is 1. The van der Waals surface area contributed by atoms with Gasteiger partial charge in [0.1, 0.15) is 6.54 Å². The monoisotopic (exact) mass is 361 g/mol. The second kappa shape index (κ2) is 9.29. The maximum Gasteiger partial charge on any atom is 0.254 e. The van der Waals surface area contributed by atoms with Gasteiger partial charge in [0.2, 0.25) is 5.91 Å². The Morgan fingerprint density at radius 1 is 1.28 bits per heavy atom. The van der Waals surface area contributed by atoms with Gasteiger partial charge in [0.05, 0.1) is 6.61 Å². The first-order valence-electron chi connectivity index (χ1n) is 8.13. The Balaban J connectivity index is 2.05. The van der Waals surface area contributed by atoms with Gasteiger partial charge in [-0.2, -0.15) is 0 Å². The molecule has 2 amide bonds. The maximum atomic E-state index is 12.7. The van der Waals surface area contributed by atoms with Crippen LogP contribution in [-0.4, -0.2) is 48.5 Å². The molecular weight excluding hydrogens is 338 g/mol. The van der Waals surface area contributed by atoms with Gasteiger partial charge in [0.25, 0.3) is 5.91 Å². The molecule has 1 N–H and O–H groups in total. The van der Waals surface area contributed by atoms with Gasteiger partial charge < -0.3 is 15.0 Å². The van der Waals surface area contributed by atoms with E-state index in [1.807, 2.05) is 19.1 Å². The van der Waals surface area contributed by atoms with Gasteiger partial charge >= 0.3 is 0 Å². The van der Waals surface area contributed by atoms with Crippen molar-refractivity contribution >= 4 is 28.3 Å². The molecule has 0 fully saturated rings. The lowest BCUT2D eigenvalue weighted by atomic mass is 10.1. The SMILES string of the molecule is CCc1ccc(C(=O)N(CCOC)CC(=O)Nc2ncc(C)s2)cc1. The summed E-state index contributed by atoms with van der Waals surface area (Å²) in [5, 5.41) is 3.26. The molecule has 0 aliphatic heterocycles. The molecule has 134 valence electrons. The van der Waals surface area contributed by atoms with Gasteiger partial charge in [-0.15, -0.1) is 11.3 Å². The number of hydrogen-bond donors (Lipinski definition) is 1. The molecule has 0 radical (unpaired) electrons. The van der Waals surface area contributed by atoms with Crippen LogP contribution in [0.15, 0.2) is 30.5 Å². The highest BCUT2D eigenvalue weighted by molar-refractivity contribution is 7.15. The van der Waals surface area contributed by atoms with Crippen LogP contribution in [0.3, 0.4) is 0 Å². The van der Waals surface area contributed by atoms with Crippen molar-refractivity contribution in [3.05, 3.63) is 46.5 Å². The fraction of sp³-hybridized carbons (Fsp3) is 0.389. The van der Waals surface area contributed by atoms with Crippen molar-refractivity contribution in [2.24, 2.45) is 0 Å². The predicted molar refractivity (Wildman–Crippen MR) is 99.1 cm³/mol. The Morgan fingerprint density at radius 3 is 2.56 bits per heavy atom. The lowest BCUT2D eigenvalue weighted by Gasteiger charge is -2.21. The number of ether oxygens (including phenoxy) is 1. The summed E-state index contributed by atoms with van der Waals surface area (Å²) >= 11 is 1.40. The molecule has 1 aromatic heterocycles. The third kappa shape index (κ3) is 5.65. The molecule has 0 aliphatic carbocycles. The number of carbonyl (C=O) groups excluding carboxylic acids is 2. The summed E-state index contributed by atoms with van der Waals surface area (Å²) in [5.41, 5.74) is 1.73. The first kappa shape index (κ1) is 19.1. The maximum absolute atomic E-state index is 12.7. The van der Waals surface area contributed by atoms with Crippen LogP contribution < -0.4 is 5.32 Å². The van der Waals surface area contributed by atoms with Crippen LogP contribution >= 0.6 is 11.3 Å². The van der Waals surface area contributed by atoms with Gasteiger partial charge in [0.15, 0.2) is 5.13 Å². The number of amides is 2. The number of methoxy groups -OCH3 is 1. The average molecular weight is 361 g/mol. The standard InChI is InChI=1S/C18H23N3O3S/c1-4-14-5-7-15(8-6-14)17(23)21(9-10-24-3)12-16(22)20-18-19-11-13(2)25-18/h5-8,11H,4,9-10,12H2,1-3H3,(H,19,20,22). The molecule has 6 nitrogen and oxygen atoms in total. The molecule has 7 heteroatoms. The van der Waals surface area contributed by atoms with Crippen LogP contribution in [0, 0.1) is 6.92 Å². The van der Waals surface area contributed by atoms with E-state index in [-0.39, 0.29) is 18.4 Å². The van der Waals surface area contributed by atoms with Crippen molar-refractivity contribution in [1.29, 1.82) is 0 Å². The summed E-state index contributed by atoms with van der Waals surface area (Å²) in [4.78, 5) is 31.6. The first-order valence-corrected chi connectivity index (χ1v) is 8.94. The van der Waals surface area contributed by atoms with Crippen molar-refractivity contribution in [2.75, 3.05) is 32.1 Å². The van der Waals surface area contributed by atoms with Crippen molar-refractivity contribution < 1.29 is 14.3 Å². The van der Waals surface area contributed by atoms with Crippen LogP contribution in [0.25, 0.3) is 0 Å². The summed E-state index contributed by atoms with van der Waals surface area (Å²) in [6.45, 7) is 4.64. The van der Waals surface area contributed by atoms with E-state index < -0.39 is 0 Å². The number of carbonyl (C=O) groups is 2. The molecule has 1 aromatic carbocycles. The highest BCUT2D eigenvalue weighted by Gasteiger charge is 2.19. The van der Waals surface area contributed by atoms with E-state index in [1.54, 1.807) is 25.4 Å². The Hall–Kier alpha value is -2.25. The normalized spacial score (nSPS) is 10.5. The third-order valence-electron chi connectivity index (χ3n) is 3.66. The first-order chi connectivity index (χ1) is 12.0. The minimum Gasteiger partial charge on any atom is -0.383 e. The molecule has 0 saturated carbocycles. The second-order valence-electron chi connectivity index (χ2n) is 5.59. The molecule has 0 unspecified atom stereocenters. The van der Waals surface area contributed by atoms with E-state index in [1.165, 1.54) is 16.2 Å². The molecule has 1 heterocycles. The number of rotatable bonds is 8. The zero-order valence-electron chi connectivity index (χ0n) is 14.7. The van der Waals surface area contributed by atoms with Crippen molar-refractivity contribution in [2.45, 2.75) is 20.3 Å². The lowest BCUT2D eigenvalue weighted by molar-refractivity contribution is -0.117. The van der Waals surface area contributed by atoms with Crippen LogP contribution in [-0.2, 0) is 16.0 Å². The average Bonchev–Trinajstić information content (AvgIpc) is 3.02. The Labute approximate surface area is 151 Å². The molecule has 25 heavy (non-hydrogen) atoms. The summed E-state index contributed by atoms with van der Waals surface area (Å²) in [7, 11) is 1.57. The molecule has 0 aliphatic rings. The summed E-state index contributed by atoms with van der Waals surface area (Å²) in [6.07, 6.45) is 2.61. The fourth-order valence-corrected chi connectivity index (χ4v) is 2.94. The number of nitrogens with one attached hydrogen (secondary N) is 1. The molecule has 0 bridgehead atoms. The van der Waals surface area contributed by atoms with E-state index >= 15 is 0 Å². The van der Waals surface area contributed by atoms with Crippen LogP contribution in [0.2, 0.25) is 0 Å². The minimum absolute atomic E-state index is 0.0453. The van der Waals surface area contributed by atoms with Gasteiger partial charge in [-0.3, -0.25) is 9.59 Å². The fourth-order valence-electron chi connectivity index (χ4n) is 2.26. The van der Waals surface area contributed by atoms with E-state index in [0.717, 1.165) is 16.9 Å². The quantitative estimate of drug-likeness (QED) is 0.785. The second-order valence-corrected chi connectivity index (χ2v) is 6.83. The van der Waals surface area contributed by atoms with Crippen molar-refractivity contribution in [3.8, 4) is 0 Å². The Kier molecular flexibility index (Phi) is 7.09. The largest absolute Gasteiger partial charge is 0.383 e. The summed E-state index contributed by atoms with van der Waals surface area (Å²) in [5.74, 6) is -0.464. The number of nitrogens with zero attached hydrogens (tertiary/aromatic N) is 2. The summed E-state index contributed by atoms with van der Waals surface area (Å²) < 4.78 is 5.06. The predicted octanol–water partition coefficient (Wildman–Crippen LogP) is 2.74. The Bertz CT molecular complexity index is 713. The van der Waals surface area contributed by atoms with Gasteiger partial charge in [-0.1, -0.05) is 19.1 Å². The molecule has 2 aromatic rings. The molecule has 0 atom stereocenters. The minimum atomic E-state index is -0.274. The highest BCUT2D eigenvalue weighted by Crippen LogP contribution is 2.16. The number of anilines is 1. The Morgan fingerprint density at radius 2 is 2.00 bits per heavy atom. The number of aromatic nitrogens is 1. The van der Waals surface area contributed by atoms with Gasteiger partial charge in [-0.05, 0) is 31.0 Å². The summed E-state index contributed by atoms with van der Waals surface area (Å²) in [6, 6.07) is 7.45. The number of hydrogen-bond acceptors (Lipinski definition) is 5. The van der Waals surface area contributed by atoms with Crippen molar-refractivity contribution in [3.63, 3.8) is 0 Å². The molecular formula is C18H23N3O3S. The van der Waals surface area contributed by atoms with E-state index in [9.17, 15) is 9.59 Å². The van der Waals surface area contributed by atoms with E-state index in [2.05, 4.69) is 17.2 Å². The molecule has 2 rings (SSSR count). The number of benzene rings is 1. The van der Waals surface area contributed by atoms with E-state index in [4.69, 9.17) is 4.74 Å². The van der Waals surface area contributed by atoms with Crippen LogP contribution in [0.5, 0.6) is 0 Å². The topological polar surface area (TPSA) is 71.5 Å². The van der Waals surface area contributed by atoms with E-state index in [0.29, 0.717) is 23.8 Å². The molecule has 0 saturated heterocycles.